The Kier molecular flexibility index (Phi) is 3.17. The summed E-state index contributed by atoms with van der Waals surface area (Å²) < 4.78 is 11.5. The van der Waals surface area contributed by atoms with Crippen LogP contribution in [0.5, 0.6) is 0 Å². The van der Waals surface area contributed by atoms with Gasteiger partial charge in [0.1, 0.15) is 6.07 Å². The van der Waals surface area contributed by atoms with Crippen LogP contribution in [0.15, 0.2) is 18.2 Å². The number of nitrogens with zero attached hydrogens (tertiary/aromatic N) is 2. The van der Waals surface area contributed by atoms with Gasteiger partial charge in [0.2, 0.25) is 0 Å². The molecule has 3 rings (SSSR count). The summed E-state index contributed by atoms with van der Waals surface area (Å²) in [4.78, 5) is 2.28. The summed E-state index contributed by atoms with van der Waals surface area (Å²) in [5.41, 5.74) is 2.98. The van der Waals surface area contributed by atoms with Crippen molar-refractivity contribution in [2.75, 3.05) is 31.2 Å². The van der Waals surface area contributed by atoms with E-state index in [2.05, 4.69) is 24.0 Å². The van der Waals surface area contributed by atoms with Crippen molar-refractivity contribution >= 4 is 5.69 Å². The number of hydrogen-bond donors (Lipinski definition) is 0. The van der Waals surface area contributed by atoms with Gasteiger partial charge in [0.25, 0.3) is 0 Å². The van der Waals surface area contributed by atoms with Gasteiger partial charge in [0, 0.05) is 25.9 Å². The van der Waals surface area contributed by atoms with Crippen molar-refractivity contribution in [2.24, 2.45) is 0 Å². The first kappa shape index (κ1) is 12.5. The molecule has 0 saturated carbocycles. The van der Waals surface area contributed by atoms with Gasteiger partial charge >= 0.3 is 0 Å². The standard InChI is InChI=1S/C15H18N2O2/c1-12-3-2-4-13(11-16)14(12)17-7-5-15(6-8-17)18-9-10-19-15/h2-4H,5-10H2,1H3. The monoisotopic (exact) mass is 258 g/mol. The molecular weight excluding hydrogens is 240 g/mol. The average molecular weight is 258 g/mol. The van der Waals surface area contributed by atoms with Crippen molar-refractivity contribution in [3.63, 3.8) is 0 Å². The number of para-hydroxylation sites is 1. The Morgan fingerprint density at radius 1 is 1.21 bits per heavy atom. The molecule has 2 fully saturated rings. The Balaban J connectivity index is 1.80. The van der Waals surface area contributed by atoms with Gasteiger partial charge in [-0.15, -0.1) is 0 Å². The maximum absolute atomic E-state index is 9.25. The zero-order valence-corrected chi connectivity index (χ0v) is 11.2. The van der Waals surface area contributed by atoms with Crippen LogP contribution in [0.3, 0.4) is 0 Å². The van der Waals surface area contributed by atoms with Gasteiger partial charge < -0.3 is 14.4 Å². The van der Waals surface area contributed by atoms with Crippen molar-refractivity contribution in [1.82, 2.24) is 0 Å². The van der Waals surface area contributed by atoms with E-state index in [-0.39, 0.29) is 5.79 Å². The lowest BCUT2D eigenvalue weighted by Gasteiger charge is -2.39. The van der Waals surface area contributed by atoms with Gasteiger partial charge in [0.05, 0.1) is 24.5 Å². The quantitative estimate of drug-likeness (QED) is 0.774. The first-order valence-electron chi connectivity index (χ1n) is 6.77. The summed E-state index contributed by atoms with van der Waals surface area (Å²) in [5.74, 6) is -0.355. The van der Waals surface area contributed by atoms with Crippen LogP contribution in [-0.2, 0) is 9.47 Å². The van der Waals surface area contributed by atoms with E-state index >= 15 is 0 Å². The molecule has 100 valence electrons. The van der Waals surface area contributed by atoms with E-state index in [1.54, 1.807) is 0 Å². The fourth-order valence-corrected chi connectivity index (χ4v) is 3.03. The minimum Gasteiger partial charge on any atom is -0.370 e. The van der Waals surface area contributed by atoms with Gasteiger partial charge in [-0.2, -0.15) is 5.26 Å². The van der Waals surface area contributed by atoms with Gasteiger partial charge in [0.15, 0.2) is 5.79 Å². The second-order valence-electron chi connectivity index (χ2n) is 5.18. The van der Waals surface area contributed by atoms with Crippen LogP contribution in [0.2, 0.25) is 0 Å². The zero-order chi connectivity index (χ0) is 13.3. The predicted octanol–water partition coefficient (Wildman–Crippen LogP) is 2.21. The zero-order valence-electron chi connectivity index (χ0n) is 11.2. The number of benzene rings is 1. The van der Waals surface area contributed by atoms with Gasteiger partial charge in [-0.25, -0.2) is 0 Å². The number of hydrogen-bond acceptors (Lipinski definition) is 4. The average Bonchev–Trinajstić information content (AvgIpc) is 2.88. The lowest BCUT2D eigenvalue weighted by Crippen LogP contribution is -2.45. The largest absolute Gasteiger partial charge is 0.370 e. The first-order valence-corrected chi connectivity index (χ1v) is 6.77. The Hall–Kier alpha value is -1.57. The van der Waals surface area contributed by atoms with E-state index in [1.165, 1.54) is 0 Å². The Morgan fingerprint density at radius 2 is 1.89 bits per heavy atom. The molecule has 2 heterocycles. The summed E-state index contributed by atoms with van der Waals surface area (Å²) in [5, 5.41) is 9.25. The number of piperidine rings is 1. The van der Waals surface area contributed by atoms with Crippen molar-refractivity contribution in [3.8, 4) is 6.07 Å². The molecule has 0 amide bonds. The summed E-state index contributed by atoms with van der Waals surface area (Å²) in [6.07, 6.45) is 1.73. The smallest absolute Gasteiger partial charge is 0.171 e. The molecule has 1 aromatic rings. The number of nitriles is 1. The van der Waals surface area contributed by atoms with Crippen LogP contribution in [0.4, 0.5) is 5.69 Å². The van der Waals surface area contributed by atoms with Crippen molar-refractivity contribution in [2.45, 2.75) is 25.6 Å². The fourth-order valence-electron chi connectivity index (χ4n) is 3.03. The van der Waals surface area contributed by atoms with E-state index in [0.717, 1.165) is 42.7 Å². The second kappa shape index (κ2) is 4.84. The molecule has 2 saturated heterocycles. The molecule has 4 heteroatoms. The van der Waals surface area contributed by atoms with Crippen LogP contribution in [-0.4, -0.2) is 32.1 Å². The summed E-state index contributed by atoms with van der Waals surface area (Å²) >= 11 is 0. The molecule has 19 heavy (non-hydrogen) atoms. The molecule has 0 radical (unpaired) electrons. The Bertz CT molecular complexity index is 505. The molecule has 4 nitrogen and oxygen atoms in total. The second-order valence-corrected chi connectivity index (χ2v) is 5.18. The minimum atomic E-state index is -0.355. The summed E-state index contributed by atoms with van der Waals surface area (Å²) in [6.45, 7) is 5.21. The Labute approximate surface area is 113 Å². The molecule has 0 aliphatic carbocycles. The molecule has 1 spiro atoms. The number of rotatable bonds is 1. The Morgan fingerprint density at radius 3 is 2.53 bits per heavy atom. The van der Waals surface area contributed by atoms with Gasteiger partial charge in [-0.05, 0) is 18.6 Å². The van der Waals surface area contributed by atoms with Crippen LogP contribution >= 0.6 is 0 Å². The van der Waals surface area contributed by atoms with Crippen molar-refractivity contribution in [3.05, 3.63) is 29.3 Å². The highest BCUT2D eigenvalue weighted by atomic mass is 16.7. The van der Waals surface area contributed by atoms with E-state index in [9.17, 15) is 5.26 Å². The van der Waals surface area contributed by atoms with Crippen molar-refractivity contribution in [1.29, 1.82) is 5.26 Å². The number of aryl methyl sites for hydroxylation is 1. The maximum Gasteiger partial charge on any atom is 0.171 e. The SMILES string of the molecule is Cc1cccc(C#N)c1N1CCC2(CC1)OCCO2. The van der Waals surface area contributed by atoms with E-state index < -0.39 is 0 Å². The molecule has 0 atom stereocenters. The minimum absolute atomic E-state index is 0.355. The molecular formula is C15H18N2O2. The van der Waals surface area contributed by atoms with Gasteiger partial charge in [-0.3, -0.25) is 0 Å². The summed E-state index contributed by atoms with van der Waals surface area (Å²) in [7, 11) is 0. The van der Waals surface area contributed by atoms with E-state index in [1.807, 2.05) is 12.1 Å². The molecule has 1 aromatic carbocycles. The number of ether oxygens (including phenoxy) is 2. The molecule has 0 aromatic heterocycles. The number of anilines is 1. The third-order valence-electron chi connectivity index (χ3n) is 4.01. The first-order chi connectivity index (χ1) is 9.24. The van der Waals surface area contributed by atoms with Crippen LogP contribution in [0.25, 0.3) is 0 Å². The van der Waals surface area contributed by atoms with Crippen molar-refractivity contribution < 1.29 is 9.47 Å². The molecule has 2 aliphatic rings. The summed E-state index contributed by atoms with van der Waals surface area (Å²) in [6, 6.07) is 8.17. The van der Waals surface area contributed by atoms with E-state index in [4.69, 9.17) is 9.47 Å². The molecule has 2 aliphatic heterocycles. The lowest BCUT2D eigenvalue weighted by molar-refractivity contribution is -0.169. The highest BCUT2D eigenvalue weighted by molar-refractivity contribution is 5.64. The topological polar surface area (TPSA) is 45.5 Å². The van der Waals surface area contributed by atoms with Crippen LogP contribution < -0.4 is 4.90 Å². The lowest BCUT2D eigenvalue weighted by atomic mass is 10.00. The molecule has 0 bridgehead atoms. The van der Waals surface area contributed by atoms with Gasteiger partial charge in [-0.1, -0.05) is 12.1 Å². The molecule has 0 unspecified atom stereocenters. The third kappa shape index (κ3) is 2.20. The highest BCUT2D eigenvalue weighted by Gasteiger charge is 2.40. The normalized spacial score (nSPS) is 21.6. The van der Waals surface area contributed by atoms with Crippen LogP contribution in [0.1, 0.15) is 24.0 Å². The van der Waals surface area contributed by atoms with Crippen LogP contribution in [0, 0.1) is 18.3 Å². The highest BCUT2D eigenvalue weighted by Crippen LogP contribution is 2.35. The molecule has 0 N–H and O–H groups in total. The van der Waals surface area contributed by atoms with E-state index in [0.29, 0.717) is 13.2 Å². The maximum atomic E-state index is 9.25. The fraction of sp³-hybridized carbons (Fsp3) is 0.533. The third-order valence-corrected chi connectivity index (χ3v) is 4.01. The predicted molar refractivity (Wildman–Crippen MR) is 72.0 cm³/mol.